The number of carbonyl (C=O) groups excluding carboxylic acids is 1. The molecular weight excluding hydrogens is 164 g/mol. The molecule has 2 unspecified atom stereocenters. The zero-order valence-electron chi connectivity index (χ0n) is 8.42. The SMILES string of the molecule is CC(C)N1CCC2CNC(=O)C2C1. The normalized spacial score (nSPS) is 34.8. The summed E-state index contributed by atoms with van der Waals surface area (Å²) in [6, 6.07) is 0.578. The van der Waals surface area contributed by atoms with E-state index in [-0.39, 0.29) is 11.8 Å². The first-order valence-corrected chi connectivity index (χ1v) is 5.20. The Kier molecular flexibility index (Phi) is 2.28. The van der Waals surface area contributed by atoms with Crippen LogP contribution in [0.15, 0.2) is 0 Å². The van der Waals surface area contributed by atoms with Gasteiger partial charge in [-0.2, -0.15) is 0 Å². The molecule has 13 heavy (non-hydrogen) atoms. The molecule has 1 amide bonds. The lowest BCUT2D eigenvalue weighted by atomic mass is 9.88. The molecule has 0 aliphatic carbocycles. The Labute approximate surface area is 79.5 Å². The topological polar surface area (TPSA) is 32.3 Å². The van der Waals surface area contributed by atoms with Gasteiger partial charge in [-0.25, -0.2) is 0 Å². The van der Waals surface area contributed by atoms with Crippen LogP contribution in [0.1, 0.15) is 20.3 Å². The summed E-state index contributed by atoms with van der Waals surface area (Å²) in [4.78, 5) is 13.8. The van der Waals surface area contributed by atoms with Gasteiger partial charge in [0.25, 0.3) is 0 Å². The fourth-order valence-electron chi connectivity index (χ4n) is 2.40. The van der Waals surface area contributed by atoms with E-state index in [0.29, 0.717) is 12.0 Å². The monoisotopic (exact) mass is 182 g/mol. The van der Waals surface area contributed by atoms with E-state index < -0.39 is 0 Å². The highest BCUT2D eigenvalue weighted by Gasteiger charge is 2.39. The number of amides is 1. The van der Waals surface area contributed by atoms with Crippen molar-refractivity contribution in [1.29, 1.82) is 0 Å². The van der Waals surface area contributed by atoms with Crippen LogP contribution in [-0.4, -0.2) is 36.5 Å². The minimum atomic E-state index is 0.273. The second kappa shape index (κ2) is 3.29. The van der Waals surface area contributed by atoms with Gasteiger partial charge in [0.2, 0.25) is 5.91 Å². The van der Waals surface area contributed by atoms with Crippen LogP contribution in [-0.2, 0) is 4.79 Å². The number of hydrogen-bond donors (Lipinski definition) is 1. The van der Waals surface area contributed by atoms with Gasteiger partial charge in [-0.1, -0.05) is 0 Å². The maximum atomic E-state index is 11.4. The molecule has 3 nitrogen and oxygen atoms in total. The Morgan fingerprint density at radius 3 is 3.00 bits per heavy atom. The van der Waals surface area contributed by atoms with Crippen molar-refractivity contribution < 1.29 is 4.79 Å². The van der Waals surface area contributed by atoms with E-state index in [1.807, 2.05) is 0 Å². The molecule has 74 valence electrons. The average Bonchev–Trinajstić information content (AvgIpc) is 2.47. The summed E-state index contributed by atoms with van der Waals surface area (Å²) < 4.78 is 0. The van der Waals surface area contributed by atoms with Crippen molar-refractivity contribution in [3.05, 3.63) is 0 Å². The van der Waals surface area contributed by atoms with Crippen LogP contribution < -0.4 is 5.32 Å². The van der Waals surface area contributed by atoms with Crippen molar-refractivity contribution in [2.45, 2.75) is 26.3 Å². The third-order valence-corrected chi connectivity index (χ3v) is 3.39. The van der Waals surface area contributed by atoms with Crippen molar-refractivity contribution in [3.8, 4) is 0 Å². The average molecular weight is 182 g/mol. The van der Waals surface area contributed by atoms with E-state index >= 15 is 0 Å². The Balaban J connectivity index is 2.01. The first kappa shape index (κ1) is 9.00. The van der Waals surface area contributed by atoms with E-state index in [0.717, 1.165) is 19.6 Å². The fraction of sp³-hybridized carbons (Fsp3) is 0.900. The highest BCUT2D eigenvalue weighted by Crippen LogP contribution is 2.28. The summed E-state index contributed by atoms with van der Waals surface area (Å²) in [5.74, 6) is 1.16. The van der Waals surface area contributed by atoms with Crippen LogP contribution in [0, 0.1) is 11.8 Å². The minimum Gasteiger partial charge on any atom is -0.356 e. The summed E-state index contributed by atoms with van der Waals surface area (Å²) in [5, 5.41) is 2.96. The molecule has 2 rings (SSSR count). The largest absolute Gasteiger partial charge is 0.356 e. The van der Waals surface area contributed by atoms with Crippen LogP contribution in [0.2, 0.25) is 0 Å². The van der Waals surface area contributed by atoms with Gasteiger partial charge in [-0.3, -0.25) is 4.79 Å². The summed E-state index contributed by atoms with van der Waals surface area (Å²) in [6.45, 7) is 7.44. The standard InChI is InChI=1S/C10H18N2O/c1-7(2)12-4-3-8-5-11-10(13)9(8)6-12/h7-9H,3-6H2,1-2H3,(H,11,13). The second-order valence-corrected chi connectivity index (χ2v) is 4.49. The molecular formula is C10H18N2O. The van der Waals surface area contributed by atoms with Crippen LogP contribution in [0.3, 0.4) is 0 Å². The number of rotatable bonds is 1. The highest BCUT2D eigenvalue weighted by atomic mass is 16.2. The molecule has 0 bridgehead atoms. The van der Waals surface area contributed by atoms with E-state index in [4.69, 9.17) is 0 Å². The van der Waals surface area contributed by atoms with Gasteiger partial charge in [0.1, 0.15) is 0 Å². The molecule has 0 spiro atoms. The lowest BCUT2D eigenvalue weighted by Crippen LogP contribution is -2.44. The van der Waals surface area contributed by atoms with Crippen molar-refractivity contribution in [1.82, 2.24) is 10.2 Å². The lowest BCUT2D eigenvalue weighted by Gasteiger charge is -2.35. The molecule has 3 heteroatoms. The van der Waals surface area contributed by atoms with Crippen molar-refractivity contribution in [2.24, 2.45) is 11.8 Å². The quantitative estimate of drug-likeness (QED) is 0.639. The van der Waals surface area contributed by atoms with Crippen LogP contribution in [0.5, 0.6) is 0 Å². The number of nitrogens with zero attached hydrogens (tertiary/aromatic N) is 1. The summed E-state index contributed by atoms with van der Waals surface area (Å²) in [6.07, 6.45) is 1.18. The molecule has 0 radical (unpaired) electrons. The van der Waals surface area contributed by atoms with Gasteiger partial charge in [0.15, 0.2) is 0 Å². The third-order valence-electron chi connectivity index (χ3n) is 3.39. The number of hydrogen-bond acceptors (Lipinski definition) is 2. The lowest BCUT2D eigenvalue weighted by molar-refractivity contribution is -0.124. The van der Waals surface area contributed by atoms with Crippen molar-refractivity contribution in [2.75, 3.05) is 19.6 Å². The van der Waals surface area contributed by atoms with Crippen LogP contribution in [0.25, 0.3) is 0 Å². The maximum Gasteiger partial charge on any atom is 0.224 e. The predicted molar refractivity (Wildman–Crippen MR) is 51.3 cm³/mol. The Morgan fingerprint density at radius 2 is 2.31 bits per heavy atom. The Hall–Kier alpha value is -0.570. The predicted octanol–water partition coefficient (Wildman–Crippen LogP) is 0.463. The molecule has 2 heterocycles. The molecule has 0 saturated carbocycles. The van der Waals surface area contributed by atoms with Gasteiger partial charge in [-0.05, 0) is 32.7 Å². The van der Waals surface area contributed by atoms with Gasteiger partial charge in [0, 0.05) is 19.1 Å². The van der Waals surface area contributed by atoms with E-state index in [1.54, 1.807) is 0 Å². The van der Waals surface area contributed by atoms with Crippen LogP contribution in [0.4, 0.5) is 0 Å². The van der Waals surface area contributed by atoms with Crippen molar-refractivity contribution in [3.63, 3.8) is 0 Å². The number of likely N-dealkylation sites (tertiary alicyclic amines) is 1. The number of fused-ring (bicyclic) bond motifs is 1. The number of piperidine rings is 1. The summed E-state index contributed by atoms with van der Waals surface area (Å²) in [7, 11) is 0. The third kappa shape index (κ3) is 1.57. The molecule has 2 saturated heterocycles. The molecule has 0 aromatic carbocycles. The minimum absolute atomic E-state index is 0.273. The molecule has 0 aromatic rings. The first-order chi connectivity index (χ1) is 6.18. The van der Waals surface area contributed by atoms with Gasteiger partial charge in [0.05, 0.1) is 5.92 Å². The molecule has 1 N–H and O–H groups in total. The second-order valence-electron chi connectivity index (χ2n) is 4.49. The Bertz CT molecular complexity index is 215. The summed E-state index contributed by atoms with van der Waals surface area (Å²) >= 11 is 0. The maximum absolute atomic E-state index is 11.4. The zero-order chi connectivity index (χ0) is 9.42. The molecule has 2 fully saturated rings. The Morgan fingerprint density at radius 1 is 1.54 bits per heavy atom. The number of carbonyl (C=O) groups is 1. The van der Waals surface area contributed by atoms with Crippen molar-refractivity contribution >= 4 is 5.91 Å². The van der Waals surface area contributed by atoms with Crippen LogP contribution >= 0.6 is 0 Å². The number of nitrogens with one attached hydrogen (secondary N) is 1. The van der Waals surface area contributed by atoms with E-state index in [9.17, 15) is 4.79 Å². The molecule has 2 atom stereocenters. The molecule has 2 aliphatic rings. The van der Waals surface area contributed by atoms with E-state index in [1.165, 1.54) is 6.42 Å². The fourth-order valence-corrected chi connectivity index (χ4v) is 2.40. The molecule has 2 aliphatic heterocycles. The molecule has 0 aromatic heterocycles. The van der Waals surface area contributed by atoms with Gasteiger partial charge < -0.3 is 10.2 Å². The smallest absolute Gasteiger partial charge is 0.224 e. The first-order valence-electron chi connectivity index (χ1n) is 5.20. The van der Waals surface area contributed by atoms with E-state index in [2.05, 4.69) is 24.1 Å². The van der Waals surface area contributed by atoms with Gasteiger partial charge in [-0.15, -0.1) is 0 Å². The zero-order valence-corrected chi connectivity index (χ0v) is 8.42. The summed E-state index contributed by atoms with van der Waals surface area (Å²) in [5.41, 5.74) is 0. The highest BCUT2D eigenvalue weighted by molar-refractivity contribution is 5.81. The van der Waals surface area contributed by atoms with Gasteiger partial charge >= 0.3 is 0 Å².